The van der Waals surface area contributed by atoms with Crippen LogP contribution in [0.3, 0.4) is 0 Å². The molecule has 25 heavy (non-hydrogen) atoms. The van der Waals surface area contributed by atoms with Gasteiger partial charge in [0.25, 0.3) is 0 Å². The first-order valence-corrected chi connectivity index (χ1v) is 8.84. The van der Waals surface area contributed by atoms with E-state index in [0.29, 0.717) is 6.42 Å². The molecule has 2 atom stereocenters. The lowest BCUT2D eigenvalue weighted by Crippen LogP contribution is -2.50. The molecule has 0 spiro atoms. The van der Waals surface area contributed by atoms with Crippen molar-refractivity contribution in [1.82, 2.24) is 0 Å². The van der Waals surface area contributed by atoms with Gasteiger partial charge in [-0.2, -0.15) is 17.2 Å². The molecule has 0 aliphatic heterocycles. The van der Waals surface area contributed by atoms with Crippen molar-refractivity contribution in [3.05, 3.63) is 0 Å². The minimum absolute atomic E-state index is 0.338. The summed E-state index contributed by atoms with van der Waals surface area (Å²) in [6, 6.07) is 0. The van der Waals surface area contributed by atoms with Crippen molar-refractivity contribution in [2.75, 3.05) is 6.61 Å². The highest BCUT2D eigenvalue weighted by Crippen LogP contribution is 2.27. The molecule has 0 saturated heterocycles. The van der Waals surface area contributed by atoms with Gasteiger partial charge in [-0.1, -0.05) is 13.8 Å². The third-order valence-electron chi connectivity index (χ3n) is 2.97. The zero-order valence-corrected chi connectivity index (χ0v) is 15.8. The number of halogens is 2. The summed E-state index contributed by atoms with van der Waals surface area (Å²) < 4.78 is 70.9. The second kappa shape index (κ2) is 7.92. The summed E-state index contributed by atoms with van der Waals surface area (Å²) >= 11 is 0. The van der Waals surface area contributed by atoms with E-state index < -0.39 is 51.2 Å². The first-order chi connectivity index (χ1) is 11.0. The van der Waals surface area contributed by atoms with E-state index in [2.05, 4.69) is 4.74 Å². The number of carbonyl (C=O) groups excluding carboxylic acids is 2. The van der Waals surface area contributed by atoms with Crippen LogP contribution >= 0.6 is 0 Å². The average Bonchev–Trinajstić information content (AvgIpc) is 2.41. The van der Waals surface area contributed by atoms with Gasteiger partial charge >= 0.3 is 33.1 Å². The molecule has 2 unspecified atom stereocenters. The lowest BCUT2D eigenvalue weighted by molar-refractivity contribution is -0.254. The fourth-order valence-electron chi connectivity index (χ4n) is 1.26. The molecule has 11 heteroatoms. The number of rotatable bonds is 8. The van der Waals surface area contributed by atoms with Gasteiger partial charge in [-0.15, -0.1) is 0 Å². The van der Waals surface area contributed by atoms with E-state index in [9.17, 15) is 26.8 Å². The summed E-state index contributed by atoms with van der Waals surface area (Å²) in [5.74, 6) is -5.52. The quantitative estimate of drug-likeness (QED) is 0.381. The van der Waals surface area contributed by atoms with Gasteiger partial charge in [0.15, 0.2) is 0 Å². The van der Waals surface area contributed by atoms with Crippen LogP contribution in [-0.4, -0.2) is 48.2 Å². The SMILES string of the molecule is CCC(C)C(=O)OC(C)(OCC(F)(F)S(=O)(=O)O)C(=O)OC(C)(C)C. The fraction of sp³-hybridized carbons (Fsp3) is 0.857. The zero-order chi connectivity index (χ0) is 20.3. The molecule has 1 N–H and O–H groups in total. The van der Waals surface area contributed by atoms with Gasteiger partial charge in [0.2, 0.25) is 0 Å². The zero-order valence-electron chi connectivity index (χ0n) is 15.0. The highest BCUT2D eigenvalue weighted by molar-refractivity contribution is 7.86. The Balaban J connectivity index is 5.53. The Bertz CT molecular complexity index is 596. The first kappa shape index (κ1) is 23.7. The van der Waals surface area contributed by atoms with Gasteiger partial charge in [0, 0.05) is 6.92 Å². The van der Waals surface area contributed by atoms with Crippen molar-refractivity contribution in [1.29, 1.82) is 0 Å². The van der Waals surface area contributed by atoms with E-state index in [0.717, 1.165) is 6.92 Å². The predicted octanol–water partition coefficient (Wildman–Crippen LogP) is 2.13. The molecule has 0 aromatic rings. The van der Waals surface area contributed by atoms with E-state index in [1.165, 1.54) is 27.7 Å². The monoisotopic (exact) mass is 390 g/mol. The Kier molecular flexibility index (Phi) is 7.50. The predicted molar refractivity (Wildman–Crippen MR) is 82.2 cm³/mol. The normalized spacial score (nSPS) is 16.7. The Hall–Kier alpha value is -1.33. The second-order valence-electron chi connectivity index (χ2n) is 6.58. The Morgan fingerprint density at radius 1 is 1.12 bits per heavy atom. The van der Waals surface area contributed by atoms with Gasteiger partial charge in [-0.05, 0) is 27.2 Å². The molecule has 0 aromatic carbocycles. The van der Waals surface area contributed by atoms with E-state index in [4.69, 9.17) is 14.0 Å². The molecule has 0 heterocycles. The number of carbonyl (C=O) groups is 2. The van der Waals surface area contributed by atoms with Crippen LogP contribution in [0, 0.1) is 5.92 Å². The largest absolute Gasteiger partial charge is 0.455 e. The molecule has 0 fully saturated rings. The van der Waals surface area contributed by atoms with E-state index >= 15 is 0 Å². The van der Waals surface area contributed by atoms with E-state index in [-0.39, 0.29) is 0 Å². The van der Waals surface area contributed by atoms with Gasteiger partial charge in [-0.25, -0.2) is 4.79 Å². The summed E-state index contributed by atoms with van der Waals surface area (Å²) in [6.45, 7) is 6.50. The highest BCUT2D eigenvalue weighted by atomic mass is 32.2. The molecule has 0 aromatic heterocycles. The van der Waals surface area contributed by atoms with Crippen LogP contribution in [0.25, 0.3) is 0 Å². The summed E-state index contributed by atoms with van der Waals surface area (Å²) in [5, 5.41) is -4.71. The van der Waals surface area contributed by atoms with Crippen molar-refractivity contribution in [3.8, 4) is 0 Å². The molecule has 0 bridgehead atoms. The van der Waals surface area contributed by atoms with Crippen molar-refractivity contribution >= 4 is 22.1 Å². The van der Waals surface area contributed by atoms with Crippen molar-refractivity contribution < 1.29 is 45.6 Å². The van der Waals surface area contributed by atoms with Gasteiger partial charge < -0.3 is 14.2 Å². The lowest BCUT2D eigenvalue weighted by Gasteiger charge is -2.32. The number of hydrogen-bond acceptors (Lipinski definition) is 7. The van der Waals surface area contributed by atoms with Gasteiger partial charge in [-0.3, -0.25) is 9.35 Å². The maximum Gasteiger partial charge on any atom is 0.392 e. The minimum atomic E-state index is -5.79. The smallest absolute Gasteiger partial charge is 0.392 e. The van der Waals surface area contributed by atoms with Crippen molar-refractivity contribution in [2.24, 2.45) is 5.92 Å². The molecule has 0 aliphatic rings. The summed E-state index contributed by atoms with van der Waals surface area (Å²) in [5.41, 5.74) is -1.06. The molecule has 0 aliphatic carbocycles. The summed E-state index contributed by atoms with van der Waals surface area (Å²) in [4.78, 5) is 24.1. The molecular formula is C14H24F2O8S. The summed E-state index contributed by atoms with van der Waals surface area (Å²) in [7, 11) is -5.79. The fourth-order valence-corrected chi connectivity index (χ4v) is 1.46. The van der Waals surface area contributed by atoms with Gasteiger partial charge in [0.05, 0.1) is 5.92 Å². The average molecular weight is 390 g/mol. The van der Waals surface area contributed by atoms with Crippen molar-refractivity contribution in [2.45, 2.75) is 64.6 Å². The topological polar surface area (TPSA) is 116 Å². The standard InChI is InChI=1S/C14H24F2O8S/c1-7-9(2)10(17)23-13(6,11(18)24-12(3,4)5)22-8-14(15,16)25(19,20)21/h9H,7-8H2,1-6H3,(H,19,20,21). The maximum absolute atomic E-state index is 13.4. The second-order valence-corrected chi connectivity index (χ2v) is 8.13. The third-order valence-corrected chi connectivity index (χ3v) is 3.85. The van der Waals surface area contributed by atoms with E-state index in [1.807, 2.05) is 0 Å². The molecule has 148 valence electrons. The number of hydrogen-bond donors (Lipinski definition) is 1. The molecule has 0 saturated carbocycles. The highest BCUT2D eigenvalue weighted by Gasteiger charge is 2.50. The minimum Gasteiger partial charge on any atom is -0.455 e. The maximum atomic E-state index is 13.4. The lowest BCUT2D eigenvalue weighted by atomic mass is 10.1. The first-order valence-electron chi connectivity index (χ1n) is 7.40. The van der Waals surface area contributed by atoms with Crippen LogP contribution in [-0.2, 0) is 33.9 Å². The number of ether oxygens (including phenoxy) is 3. The van der Waals surface area contributed by atoms with Crippen LogP contribution in [0.1, 0.15) is 48.0 Å². The van der Waals surface area contributed by atoms with Crippen LogP contribution in [0.5, 0.6) is 0 Å². The Morgan fingerprint density at radius 3 is 1.96 bits per heavy atom. The Labute approximate surface area is 145 Å². The van der Waals surface area contributed by atoms with Crippen LogP contribution in [0.15, 0.2) is 0 Å². The van der Waals surface area contributed by atoms with Crippen LogP contribution < -0.4 is 0 Å². The van der Waals surface area contributed by atoms with Crippen LogP contribution in [0.2, 0.25) is 0 Å². The number of esters is 2. The molecule has 0 amide bonds. The molecular weight excluding hydrogens is 366 g/mol. The summed E-state index contributed by atoms with van der Waals surface area (Å²) in [6.07, 6.45) is 0.338. The Morgan fingerprint density at radius 2 is 1.60 bits per heavy atom. The van der Waals surface area contributed by atoms with Crippen molar-refractivity contribution in [3.63, 3.8) is 0 Å². The van der Waals surface area contributed by atoms with E-state index in [1.54, 1.807) is 6.92 Å². The molecule has 0 rings (SSSR count). The molecule has 8 nitrogen and oxygen atoms in total. The molecule has 0 radical (unpaired) electrons. The number of alkyl halides is 2. The van der Waals surface area contributed by atoms with Gasteiger partial charge in [0.1, 0.15) is 12.2 Å². The third kappa shape index (κ3) is 7.20. The van der Waals surface area contributed by atoms with Crippen LogP contribution in [0.4, 0.5) is 8.78 Å².